The van der Waals surface area contributed by atoms with Gasteiger partial charge in [-0.1, -0.05) is 23.7 Å². The summed E-state index contributed by atoms with van der Waals surface area (Å²) in [6.07, 6.45) is 1.41. The summed E-state index contributed by atoms with van der Waals surface area (Å²) in [6, 6.07) is 13.8. The molecule has 0 saturated carbocycles. The minimum Gasteiger partial charge on any atom is -0.339 e. The highest BCUT2D eigenvalue weighted by Crippen LogP contribution is 2.24. The highest BCUT2D eigenvalue weighted by molar-refractivity contribution is 7.90. The highest BCUT2D eigenvalue weighted by Gasteiger charge is 2.22. The summed E-state index contributed by atoms with van der Waals surface area (Å²) in [5.74, 6) is -0.0402. The van der Waals surface area contributed by atoms with E-state index in [1.165, 1.54) is 6.26 Å². The quantitative estimate of drug-likeness (QED) is 0.550. The fourth-order valence-electron chi connectivity index (χ4n) is 3.47. The van der Waals surface area contributed by atoms with Crippen LogP contribution in [0.5, 0.6) is 0 Å². The van der Waals surface area contributed by atoms with Gasteiger partial charge in [-0.15, -0.1) is 0 Å². The van der Waals surface area contributed by atoms with E-state index in [2.05, 4.69) is 5.10 Å². The highest BCUT2D eigenvalue weighted by atomic mass is 35.5. The van der Waals surface area contributed by atoms with Gasteiger partial charge in [-0.05, 0) is 62.7 Å². The summed E-state index contributed by atoms with van der Waals surface area (Å²) in [7, 11) is -1.50. The lowest BCUT2D eigenvalue weighted by molar-refractivity contribution is -0.131. The van der Waals surface area contributed by atoms with Gasteiger partial charge < -0.3 is 4.90 Å². The molecule has 1 atom stereocenters. The van der Waals surface area contributed by atoms with Crippen molar-refractivity contribution in [3.05, 3.63) is 76.1 Å². The topological polar surface area (TPSA) is 72.3 Å². The molecule has 0 aliphatic heterocycles. The van der Waals surface area contributed by atoms with Gasteiger partial charge >= 0.3 is 0 Å². The Kier molecular flexibility index (Phi) is 6.57. The number of aryl methyl sites for hydroxylation is 1. The molecule has 0 bridgehead atoms. The number of nitrogens with zero attached hydrogens (tertiary/aromatic N) is 3. The van der Waals surface area contributed by atoms with Gasteiger partial charge in [-0.2, -0.15) is 5.10 Å². The van der Waals surface area contributed by atoms with Crippen LogP contribution in [0.4, 0.5) is 0 Å². The van der Waals surface area contributed by atoms with Crippen molar-refractivity contribution in [3.63, 3.8) is 0 Å². The number of halogens is 1. The second kappa shape index (κ2) is 8.85. The number of carbonyl (C=O) groups is 1. The van der Waals surface area contributed by atoms with Gasteiger partial charge in [-0.25, -0.2) is 13.1 Å². The predicted molar refractivity (Wildman–Crippen MR) is 122 cm³/mol. The molecule has 31 heavy (non-hydrogen) atoms. The first-order valence-electron chi connectivity index (χ1n) is 9.85. The SMILES string of the molecule is Cc1nn(-c2ccc(Cl)cc2)c(C)c1CC(=O)N(C)C(C)c1ccc(S(C)(=O)=O)cc1. The number of likely N-dealkylation sites (N-methyl/N-ethyl adjacent to an activating group) is 1. The van der Waals surface area contributed by atoms with Crippen LogP contribution in [0.3, 0.4) is 0 Å². The van der Waals surface area contributed by atoms with E-state index in [4.69, 9.17) is 11.6 Å². The van der Waals surface area contributed by atoms with Crippen LogP contribution in [-0.2, 0) is 21.1 Å². The van der Waals surface area contributed by atoms with E-state index in [1.54, 1.807) is 36.2 Å². The predicted octanol–water partition coefficient (Wildman–Crippen LogP) is 4.31. The van der Waals surface area contributed by atoms with Crippen LogP contribution in [0.15, 0.2) is 53.4 Å². The summed E-state index contributed by atoms with van der Waals surface area (Å²) in [5, 5.41) is 5.26. The summed E-state index contributed by atoms with van der Waals surface area (Å²) < 4.78 is 25.2. The fourth-order valence-corrected chi connectivity index (χ4v) is 4.23. The number of hydrogen-bond donors (Lipinski definition) is 0. The van der Waals surface area contributed by atoms with Gasteiger partial charge in [0.15, 0.2) is 9.84 Å². The molecular weight excluding hydrogens is 434 g/mol. The number of benzene rings is 2. The van der Waals surface area contributed by atoms with Gasteiger partial charge in [0.05, 0.1) is 28.7 Å². The average Bonchev–Trinajstić information content (AvgIpc) is 3.01. The Morgan fingerprint density at radius 2 is 1.68 bits per heavy atom. The lowest BCUT2D eigenvalue weighted by Gasteiger charge is -2.25. The maximum atomic E-state index is 13.0. The zero-order valence-corrected chi connectivity index (χ0v) is 19.8. The van der Waals surface area contributed by atoms with Crippen molar-refractivity contribution in [2.45, 2.75) is 38.1 Å². The zero-order chi connectivity index (χ0) is 22.9. The van der Waals surface area contributed by atoms with E-state index < -0.39 is 9.84 Å². The Hall–Kier alpha value is -2.64. The molecule has 0 radical (unpaired) electrons. The minimum absolute atomic E-state index is 0.0402. The van der Waals surface area contributed by atoms with Crippen molar-refractivity contribution in [3.8, 4) is 5.69 Å². The number of aromatic nitrogens is 2. The molecule has 2 aromatic carbocycles. The molecule has 0 saturated heterocycles. The molecule has 0 fully saturated rings. The van der Waals surface area contributed by atoms with E-state index in [0.29, 0.717) is 5.02 Å². The molecule has 164 valence electrons. The van der Waals surface area contributed by atoms with Gasteiger partial charge in [0.1, 0.15) is 0 Å². The van der Waals surface area contributed by atoms with E-state index in [1.807, 2.05) is 49.7 Å². The van der Waals surface area contributed by atoms with Gasteiger partial charge in [-0.3, -0.25) is 4.79 Å². The third-order valence-electron chi connectivity index (χ3n) is 5.61. The molecule has 3 aromatic rings. The lowest BCUT2D eigenvalue weighted by atomic mass is 10.1. The molecule has 0 N–H and O–H groups in total. The molecule has 6 nitrogen and oxygen atoms in total. The van der Waals surface area contributed by atoms with Gasteiger partial charge in [0, 0.05) is 29.6 Å². The molecule has 8 heteroatoms. The summed E-state index contributed by atoms with van der Waals surface area (Å²) in [5.41, 5.74) is 4.36. The smallest absolute Gasteiger partial charge is 0.227 e. The first-order valence-corrected chi connectivity index (χ1v) is 12.1. The molecule has 1 amide bonds. The number of hydrogen-bond acceptors (Lipinski definition) is 4. The van der Waals surface area contributed by atoms with Crippen molar-refractivity contribution in [2.75, 3.05) is 13.3 Å². The second-order valence-corrected chi connectivity index (χ2v) is 10.2. The van der Waals surface area contributed by atoms with Crippen molar-refractivity contribution in [1.29, 1.82) is 0 Å². The van der Waals surface area contributed by atoms with Crippen LogP contribution in [0.1, 0.15) is 35.5 Å². The minimum atomic E-state index is -3.25. The van der Waals surface area contributed by atoms with Crippen LogP contribution < -0.4 is 0 Å². The van der Waals surface area contributed by atoms with E-state index in [9.17, 15) is 13.2 Å². The first-order chi connectivity index (χ1) is 14.5. The van der Waals surface area contributed by atoms with Crippen LogP contribution in [-0.4, -0.2) is 42.3 Å². The number of sulfone groups is 1. The molecule has 1 unspecified atom stereocenters. The average molecular weight is 460 g/mol. The molecular formula is C23H26ClN3O3S. The number of amides is 1. The molecule has 3 rings (SSSR count). The number of rotatable bonds is 6. The largest absolute Gasteiger partial charge is 0.339 e. The normalized spacial score (nSPS) is 12.6. The number of carbonyl (C=O) groups excluding carboxylic acids is 1. The molecule has 1 aromatic heterocycles. The fraction of sp³-hybridized carbons (Fsp3) is 0.304. The summed E-state index contributed by atoms with van der Waals surface area (Å²) in [6.45, 7) is 5.77. The van der Waals surface area contributed by atoms with E-state index in [0.717, 1.165) is 28.2 Å². The van der Waals surface area contributed by atoms with Gasteiger partial charge in [0.2, 0.25) is 5.91 Å². The van der Waals surface area contributed by atoms with Crippen LogP contribution in [0, 0.1) is 13.8 Å². The monoisotopic (exact) mass is 459 g/mol. The molecule has 1 heterocycles. The van der Waals surface area contributed by atoms with Crippen LogP contribution in [0.2, 0.25) is 5.02 Å². The third-order valence-corrected chi connectivity index (χ3v) is 6.99. The second-order valence-electron chi connectivity index (χ2n) is 7.74. The Morgan fingerprint density at radius 3 is 2.23 bits per heavy atom. The Morgan fingerprint density at radius 1 is 1.10 bits per heavy atom. The van der Waals surface area contributed by atoms with E-state index >= 15 is 0 Å². The third kappa shape index (κ3) is 4.99. The molecule has 0 aliphatic carbocycles. The van der Waals surface area contributed by atoms with Crippen molar-refractivity contribution >= 4 is 27.3 Å². The van der Waals surface area contributed by atoms with E-state index in [-0.39, 0.29) is 23.3 Å². The maximum Gasteiger partial charge on any atom is 0.227 e. The Bertz CT molecular complexity index is 1200. The first kappa shape index (κ1) is 23.0. The molecule has 0 aliphatic rings. The summed E-state index contributed by atoms with van der Waals surface area (Å²) in [4.78, 5) is 15.0. The van der Waals surface area contributed by atoms with Gasteiger partial charge in [0.25, 0.3) is 0 Å². The van der Waals surface area contributed by atoms with Crippen LogP contribution >= 0.6 is 11.6 Å². The Balaban J connectivity index is 1.78. The maximum absolute atomic E-state index is 13.0. The van der Waals surface area contributed by atoms with Crippen molar-refractivity contribution < 1.29 is 13.2 Å². The Labute approximate surface area is 188 Å². The van der Waals surface area contributed by atoms with Crippen LogP contribution in [0.25, 0.3) is 5.69 Å². The molecule has 0 spiro atoms. The summed E-state index contributed by atoms with van der Waals surface area (Å²) >= 11 is 5.98. The van der Waals surface area contributed by atoms with Crippen molar-refractivity contribution in [1.82, 2.24) is 14.7 Å². The lowest BCUT2D eigenvalue weighted by Crippen LogP contribution is -2.31. The standard InChI is InChI=1S/C23H26ClN3O3S/c1-15-22(17(3)27(25-15)20-10-8-19(24)9-11-20)14-23(28)26(4)16(2)18-6-12-21(13-7-18)31(5,29)30/h6-13,16H,14H2,1-5H3. The van der Waals surface area contributed by atoms with Crippen molar-refractivity contribution in [2.24, 2.45) is 0 Å². The zero-order valence-electron chi connectivity index (χ0n) is 18.3.